The standard InChI is InChI=1S/C21H19NO3S/c1-12-11-21(2,3)22-19-14(12)8-13(25-4)9-15(19)16(20(22)24)10-17(23)18-6-5-7-26-18/h5-11H,1-4H3/b16-10+. The van der Waals surface area contributed by atoms with E-state index >= 15 is 0 Å². The first kappa shape index (κ1) is 16.8. The first-order valence-corrected chi connectivity index (χ1v) is 9.28. The van der Waals surface area contributed by atoms with Crippen LogP contribution in [0.2, 0.25) is 0 Å². The number of thiophene rings is 1. The lowest BCUT2D eigenvalue weighted by molar-refractivity contribution is -0.113. The molecule has 0 atom stereocenters. The Balaban J connectivity index is 1.95. The lowest BCUT2D eigenvalue weighted by atomic mass is 9.89. The Labute approximate surface area is 156 Å². The predicted octanol–water partition coefficient (Wildman–Crippen LogP) is 4.57. The highest BCUT2D eigenvalue weighted by Gasteiger charge is 2.44. The third-order valence-corrected chi connectivity index (χ3v) is 5.76. The van der Waals surface area contributed by atoms with Crippen molar-refractivity contribution in [3.05, 3.63) is 57.8 Å². The van der Waals surface area contributed by atoms with Gasteiger partial charge in [0.25, 0.3) is 5.91 Å². The molecule has 132 valence electrons. The Morgan fingerprint density at radius 1 is 1.27 bits per heavy atom. The molecule has 0 unspecified atom stereocenters. The summed E-state index contributed by atoms with van der Waals surface area (Å²) >= 11 is 1.37. The van der Waals surface area contributed by atoms with Crippen LogP contribution in [0.1, 0.15) is 41.6 Å². The zero-order valence-electron chi connectivity index (χ0n) is 15.1. The first-order chi connectivity index (χ1) is 12.3. The molecule has 2 aliphatic heterocycles. The van der Waals surface area contributed by atoms with Crippen LogP contribution in [0.3, 0.4) is 0 Å². The van der Waals surface area contributed by atoms with Gasteiger partial charge in [0, 0.05) is 17.2 Å². The van der Waals surface area contributed by atoms with Gasteiger partial charge in [-0.05, 0) is 49.9 Å². The van der Waals surface area contributed by atoms with E-state index in [-0.39, 0.29) is 11.7 Å². The first-order valence-electron chi connectivity index (χ1n) is 8.40. The third kappa shape index (κ3) is 2.35. The summed E-state index contributed by atoms with van der Waals surface area (Å²) in [5.74, 6) is 0.380. The quantitative estimate of drug-likeness (QED) is 0.591. The van der Waals surface area contributed by atoms with Gasteiger partial charge in [-0.3, -0.25) is 14.5 Å². The Morgan fingerprint density at radius 3 is 2.65 bits per heavy atom. The number of ketones is 1. The zero-order chi connectivity index (χ0) is 18.6. The number of allylic oxidation sites excluding steroid dienone is 2. The highest BCUT2D eigenvalue weighted by Crippen LogP contribution is 2.50. The van der Waals surface area contributed by atoms with Gasteiger partial charge in [-0.15, -0.1) is 11.3 Å². The van der Waals surface area contributed by atoms with Crippen molar-refractivity contribution in [2.24, 2.45) is 0 Å². The summed E-state index contributed by atoms with van der Waals surface area (Å²) in [6.45, 7) is 6.06. The molecule has 4 nitrogen and oxygen atoms in total. The lowest BCUT2D eigenvalue weighted by Crippen LogP contribution is -2.46. The molecule has 0 bridgehead atoms. The van der Waals surface area contributed by atoms with Crippen molar-refractivity contribution in [3.63, 3.8) is 0 Å². The molecule has 0 N–H and O–H groups in total. The minimum Gasteiger partial charge on any atom is -0.497 e. The molecule has 0 fully saturated rings. The second-order valence-electron chi connectivity index (χ2n) is 7.09. The van der Waals surface area contributed by atoms with E-state index in [2.05, 4.69) is 6.08 Å². The van der Waals surface area contributed by atoms with Gasteiger partial charge < -0.3 is 4.74 Å². The van der Waals surface area contributed by atoms with Crippen molar-refractivity contribution in [1.29, 1.82) is 0 Å². The molecule has 1 amide bonds. The van der Waals surface area contributed by atoms with Gasteiger partial charge in [-0.2, -0.15) is 0 Å². The van der Waals surface area contributed by atoms with E-state index in [0.717, 1.165) is 22.4 Å². The van der Waals surface area contributed by atoms with Crippen LogP contribution in [0.4, 0.5) is 5.69 Å². The van der Waals surface area contributed by atoms with Gasteiger partial charge >= 0.3 is 0 Å². The van der Waals surface area contributed by atoms with Gasteiger partial charge in [-0.25, -0.2) is 0 Å². The molecule has 2 aromatic rings. The number of amides is 1. The largest absolute Gasteiger partial charge is 0.497 e. The molecule has 0 radical (unpaired) electrons. The monoisotopic (exact) mass is 365 g/mol. The summed E-state index contributed by atoms with van der Waals surface area (Å²) in [5, 5.41) is 1.86. The van der Waals surface area contributed by atoms with Crippen molar-refractivity contribution < 1.29 is 14.3 Å². The van der Waals surface area contributed by atoms with Crippen molar-refractivity contribution in [1.82, 2.24) is 0 Å². The molecule has 2 aliphatic rings. The number of anilines is 1. The normalized spacial score (nSPS) is 18.8. The van der Waals surface area contributed by atoms with Gasteiger partial charge in [0.2, 0.25) is 0 Å². The maximum absolute atomic E-state index is 13.2. The van der Waals surface area contributed by atoms with Crippen LogP contribution < -0.4 is 9.64 Å². The van der Waals surface area contributed by atoms with Crippen LogP contribution in [0.15, 0.2) is 41.8 Å². The van der Waals surface area contributed by atoms with Crippen LogP contribution >= 0.6 is 11.3 Å². The maximum atomic E-state index is 13.2. The molecule has 26 heavy (non-hydrogen) atoms. The fourth-order valence-corrected chi connectivity index (χ4v) is 4.43. The second kappa shape index (κ2) is 5.68. The average Bonchev–Trinajstić information content (AvgIpc) is 3.20. The summed E-state index contributed by atoms with van der Waals surface area (Å²) in [6, 6.07) is 7.40. The SMILES string of the molecule is COc1cc2c3c(c1)/C(=C\C(=O)c1cccs1)C(=O)N3C(C)(C)C=C2C. The van der Waals surface area contributed by atoms with Crippen LogP contribution in [-0.4, -0.2) is 24.3 Å². The highest BCUT2D eigenvalue weighted by molar-refractivity contribution is 7.12. The Hall–Kier alpha value is -2.66. The van der Waals surface area contributed by atoms with Gasteiger partial charge in [0.1, 0.15) is 5.75 Å². The van der Waals surface area contributed by atoms with Crippen LogP contribution in [0.5, 0.6) is 5.75 Å². The average molecular weight is 365 g/mol. The molecular formula is C21H19NO3S. The summed E-state index contributed by atoms with van der Waals surface area (Å²) < 4.78 is 5.44. The highest BCUT2D eigenvalue weighted by atomic mass is 32.1. The molecular weight excluding hydrogens is 346 g/mol. The van der Waals surface area contributed by atoms with Gasteiger partial charge in [0.15, 0.2) is 5.78 Å². The molecule has 0 aliphatic carbocycles. The number of rotatable bonds is 3. The van der Waals surface area contributed by atoms with Crippen LogP contribution in [-0.2, 0) is 4.79 Å². The molecule has 1 aromatic carbocycles. The number of nitrogens with zero attached hydrogens (tertiary/aromatic N) is 1. The minimum atomic E-state index is -0.459. The van der Waals surface area contributed by atoms with Crippen molar-refractivity contribution in [3.8, 4) is 5.75 Å². The van der Waals surface area contributed by atoms with E-state index in [1.165, 1.54) is 17.4 Å². The maximum Gasteiger partial charge on any atom is 0.259 e. The number of benzene rings is 1. The number of methoxy groups -OCH3 is 1. The molecule has 4 rings (SSSR count). The summed E-state index contributed by atoms with van der Waals surface area (Å²) in [4.78, 5) is 28.3. The van der Waals surface area contributed by atoms with Gasteiger partial charge in [-0.1, -0.05) is 12.1 Å². The predicted molar refractivity (Wildman–Crippen MR) is 105 cm³/mol. The molecule has 1 aromatic heterocycles. The van der Waals surface area contributed by atoms with Crippen molar-refractivity contribution in [2.75, 3.05) is 12.0 Å². The number of carbonyl (C=O) groups is 2. The number of hydrogen-bond acceptors (Lipinski definition) is 4. The fourth-order valence-electron chi connectivity index (χ4n) is 3.79. The van der Waals surface area contributed by atoms with Crippen molar-refractivity contribution in [2.45, 2.75) is 26.3 Å². The fraction of sp³-hybridized carbons (Fsp3) is 0.238. The molecule has 3 heterocycles. The minimum absolute atomic E-state index is 0.145. The summed E-state index contributed by atoms with van der Waals surface area (Å²) in [6.07, 6.45) is 3.55. The molecule has 5 heteroatoms. The Kier molecular flexibility index (Phi) is 3.66. The summed E-state index contributed by atoms with van der Waals surface area (Å²) in [5.41, 5.74) is 3.66. The van der Waals surface area contributed by atoms with E-state index in [1.54, 1.807) is 18.1 Å². The van der Waals surface area contributed by atoms with E-state index in [1.807, 2.05) is 44.4 Å². The lowest BCUT2D eigenvalue weighted by Gasteiger charge is -2.38. The second-order valence-corrected chi connectivity index (χ2v) is 8.04. The molecule has 0 saturated heterocycles. The van der Waals surface area contributed by atoms with Gasteiger partial charge in [0.05, 0.1) is 28.8 Å². The van der Waals surface area contributed by atoms with Crippen molar-refractivity contribution >= 4 is 39.9 Å². The molecule has 0 spiro atoms. The summed E-state index contributed by atoms with van der Waals surface area (Å²) in [7, 11) is 1.61. The zero-order valence-corrected chi connectivity index (χ0v) is 15.9. The molecule has 0 saturated carbocycles. The van der Waals surface area contributed by atoms with E-state index in [0.29, 0.717) is 16.2 Å². The Bertz CT molecular complexity index is 997. The Morgan fingerprint density at radius 2 is 2.00 bits per heavy atom. The number of hydrogen-bond donors (Lipinski definition) is 0. The van der Waals surface area contributed by atoms with E-state index < -0.39 is 5.54 Å². The van der Waals surface area contributed by atoms with E-state index in [4.69, 9.17) is 4.74 Å². The topological polar surface area (TPSA) is 46.6 Å². The smallest absolute Gasteiger partial charge is 0.259 e. The van der Waals surface area contributed by atoms with Crippen LogP contribution in [0, 0.1) is 0 Å². The number of ether oxygens (including phenoxy) is 1. The third-order valence-electron chi connectivity index (χ3n) is 4.88. The number of carbonyl (C=O) groups excluding carboxylic acids is 2. The van der Waals surface area contributed by atoms with E-state index in [9.17, 15) is 9.59 Å². The van der Waals surface area contributed by atoms with Crippen LogP contribution in [0.25, 0.3) is 11.1 Å².